The highest BCUT2D eigenvalue weighted by molar-refractivity contribution is 8.16. The number of Topliss-reactive ketones (excluding diaryl/α,β-unsaturated/α-hetero) is 1. The summed E-state index contributed by atoms with van der Waals surface area (Å²) in [6.45, 7) is 1.76. The number of nitrogens with zero attached hydrogens (tertiary/aromatic N) is 2. The lowest BCUT2D eigenvalue weighted by molar-refractivity contribution is -0.116. The van der Waals surface area contributed by atoms with Crippen molar-refractivity contribution in [2.45, 2.75) is 12.8 Å². The molecule has 0 fully saturated rings. The van der Waals surface area contributed by atoms with Gasteiger partial charge in [0.15, 0.2) is 11.0 Å². The minimum absolute atomic E-state index is 0.0187. The van der Waals surface area contributed by atoms with Gasteiger partial charge in [-0.1, -0.05) is 54.2 Å². The van der Waals surface area contributed by atoms with E-state index in [1.54, 1.807) is 23.9 Å². The number of rotatable bonds is 6. The predicted octanol–water partition coefficient (Wildman–Crippen LogP) is 4.01. The van der Waals surface area contributed by atoms with Gasteiger partial charge in [0.05, 0.1) is 12.2 Å². The van der Waals surface area contributed by atoms with Crippen LogP contribution in [0.15, 0.2) is 65.0 Å². The number of amidine groups is 1. The molecule has 1 amide bonds. The molecule has 27 heavy (non-hydrogen) atoms. The van der Waals surface area contributed by atoms with Crippen LogP contribution in [0.4, 0.5) is 5.69 Å². The van der Waals surface area contributed by atoms with Crippen molar-refractivity contribution in [3.05, 3.63) is 71.1 Å². The first kappa shape index (κ1) is 17.5. The molecule has 0 bridgehead atoms. The van der Waals surface area contributed by atoms with Gasteiger partial charge in [0.1, 0.15) is 0 Å². The fourth-order valence-electron chi connectivity index (χ4n) is 3.09. The van der Waals surface area contributed by atoms with E-state index in [4.69, 9.17) is 0 Å². The van der Waals surface area contributed by atoms with Gasteiger partial charge < -0.3 is 10.2 Å². The van der Waals surface area contributed by atoms with Gasteiger partial charge in [-0.2, -0.15) is 0 Å². The zero-order valence-corrected chi connectivity index (χ0v) is 15.5. The third kappa shape index (κ3) is 3.95. The summed E-state index contributed by atoms with van der Waals surface area (Å²) >= 11 is 1.65. The van der Waals surface area contributed by atoms with Crippen LogP contribution in [0.5, 0.6) is 0 Å². The van der Waals surface area contributed by atoms with Crippen molar-refractivity contribution >= 4 is 40.0 Å². The second kappa shape index (κ2) is 7.80. The molecule has 0 atom stereocenters. The number of amides is 1. The highest BCUT2D eigenvalue weighted by atomic mass is 32.2. The molecule has 0 aliphatic carbocycles. The van der Waals surface area contributed by atoms with Crippen molar-refractivity contribution in [2.75, 3.05) is 18.4 Å². The summed E-state index contributed by atoms with van der Waals surface area (Å²) in [5.74, 6) is -0.175. The van der Waals surface area contributed by atoms with Crippen LogP contribution < -0.4 is 5.32 Å². The Morgan fingerprint density at radius 3 is 2.59 bits per heavy atom. The van der Waals surface area contributed by atoms with Crippen LogP contribution in [0, 0.1) is 0 Å². The molecule has 4 rings (SSSR count). The number of benzene rings is 2. The van der Waals surface area contributed by atoms with Gasteiger partial charge >= 0.3 is 0 Å². The van der Waals surface area contributed by atoms with E-state index in [0.29, 0.717) is 5.56 Å². The highest BCUT2D eigenvalue weighted by Crippen LogP contribution is 2.35. The van der Waals surface area contributed by atoms with Crippen LogP contribution in [0.1, 0.15) is 28.8 Å². The summed E-state index contributed by atoms with van der Waals surface area (Å²) in [4.78, 5) is 30.9. The number of ketones is 1. The molecule has 136 valence electrons. The van der Waals surface area contributed by atoms with Crippen molar-refractivity contribution in [1.29, 1.82) is 0 Å². The Balaban J connectivity index is 1.31. The molecule has 0 saturated heterocycles. The topological polar surface area (TPSA) is 61.8 Å². The molecule has 2 aromatic rings. The molecular formula is C21H19N3O2S. The van der Waals surface area contributed by atoms with Crippen molar-refractivity contribution in [2.24, 2.45) is 4.99 Å². The number of hydrogen-bond donors (Lipinski definition) is 1. The summed E-state index contributed by atoms with van der Waals surface area (Å²) in [6, 6.07) is 16.8. The number of carbonyl (C=O) groups is 2. The number of anilines is 1. The molecule has 2 heterocycles. The summed E-state index contributed by atoms with van der Waals surface area (Å²) in [5.41, 5.74) is 3.63. The lowest BCUT2D eigenvalue weighted by Gasteiger charge is -2.16. The molecule has 0 aromatic heterocycles. The molecule has 0 unspecified atom stereocenters. The standard InChI is InChI=1S/C21H19N3O2S/c25-19(16-4-2-1-3-5-16)10-11-20(26)23-17-8-6-15(7-9-17)18-14-27-21-22-12-13-24(18)21/h1-9,14H,10-13H2,(H,23,26). The molecule has 2 aromatic carbocycles. The molecule has 2 aliphatic heterocycles. The van der Waals surface area contributed by atoms with Crippen molar-refractivity contribution in [3.8, 4) is 0 Å². The van der Waals surface area contributed by atoms with Crippen molar-refractivity contribution < 1.29 is 9.59 Å². The number of thioether (sulfide) groups is 1. The maximum absolute atomic E-state index is 12.1. The van der Waals surface area contributed by atoms with Gasteiger partial charge in [-0.05, 0) is 17.7 Å². The van der Waals surface area contributed by atoms with Gasteiger partial charge in [-0.3, -0.25) is 14.6 Å². The zero-order valence-electron chi connectivity index (χ0n) is 14.7. The van der Waals surface area contributed by atoms with Crippen molar-refractivity contribution in [3.63, 3.8) is 0 Å². The van der Waals surface area contributed by atoms with Gasteiger partial charge in [0.25, 0.3) is 0 Å². The van der Waals surface area contributed by atoms with Crippen LogP contribution in [0.25, 0.3) is 5.70 Å². The average Bonchev–Trinajstić information content (AvgIpc) is 3.31. The van der Waals surface area contributed by atoms with E-state index in [0.717, 1.165) is 35.2 Å². The van der Waals surface area contributed by atoms with Crippen LogP contribution in [-0.2, 0) is 4.79 Å². The molecule has 1 N–H and O–H groups in total. The summed E-state index contributed by atoms with van der Waals surface area (Å²) in [7, 11) is 0. The molecular weight excluding hydrogens is 358 g/mol. The first-order chi connectivity index (χ1) is 13.2. The lowest BCUT2D eigenvalue weighted by Crippen LogP contribution is -2.19. The second-order valence-electron chi connectivity index (χ2n) is 6.35. The van der Waals surface area contributed by atoms with Crippen LogP contribution in [-0.4, -0.2) is 34.8 Å². The Morgan fingerprint density at radius 2 is 1.81 bits per heavy atom. The number of carbonyl (C=O) groups excluding carboxylic acids is 2. The van der Waals surface area contributed by atoms with Gasteiger partial charge in [0, 0.05) is 36.0 Å². The zero-order chi connectivity index (χ0) is 18.6. The highest BCUT2D eigenvalue weighted by Gasteiger charge is 2.26. The smallest absolute Gasteiger partial charge is 0.224 e. The van der Waals surface area contributed by atoms with Gasteiger partial charge in [-0.15, -0.1) is 0 Å². The molecule has 2 aliphatic rings. The minimum Gasteiger partial charge on any atom is -0.326 e. The molecule has 0 saturated carbocycles. The van der Waals surface area contributed by atoms with Crippen LogP contribution in [0.3, 0.4) is 0 Å². The summed E-state index contributed by atoms with van der Waals surface area (Å²) in [6.07, 6.45) is 0.375. The monoisotopic (exact) mass is 377 g/mol. The van der Waals surface area contributed by atoms with Crippen LogP contribution in [0.2, 0.25) is 0 Å². The first-order valence-corrected chi connectivity index (χ1v) is 9.76. The Morgan fingerprint density at radius 1 is 1.04 bits per heavy atom. The van der Waals surface area contributed by atoms with E-state index >= 15 is 0 Å². The fraction of sp³-hybridized carbons (Fsp3) is 0.190. The maximum atomic E-state index is 12.1. The average molecular weight is 377 g/mol. The third-order valence-electron chi connectivity index (χ3n) is 4.51. The quantitative estimate of drug-likeness (QED) is 0.773. The Bertz CT molecular complexity index is 920. The molecule has 6 heteroatoms. The predicted molar refractivity (Wildman–Crippen MR) is 110 cm³/mol. The van der Waals surface area contributed by atoms with Crippen molar-refractivity contribution in [1.82, 2.24) is 4.90 Å². The Labute approximate surface area is 162 Å². The summed E-state index contributed by atoms with van der Waals surface area (Å²) < 4.78 is 0. The van der Waals surface area contributed by atoms with E-state index in [2.05, 4.69) is 20.6 Å². The summed E-state index contributed by atoms with van der Waals surface area (Å²) in [5, 5.41) is 6.03. The van der Waals surface area contributed by atoms with E-state index in [1.807, 2.05) is 42.5 Å². The van der Waals surface area contributed by atoms with E-state index < -0.39 is 0 Å². The van der Waals surface area contributed by atoms with Crippen LogP contribution >= 0.6 is 11.8 Å². The molecule has 0 spiro atoms. The first-order valence-electron chi connectivity index (χ1n) is 8.88. The Hall–Kier alpha value is -2.86. The third-order valence-corrected chi connectivity index (χ3v) is 5.41. The lowest BCUT2D eigenvalue weighted by atomic mass is 10.1. The van der Waals surface area contributed by atoms with E-state index in [9.17, 15) is 9.59 Å². The number of nitrogens with one attached hydrogen (secondary N) is 1. The molecule has 5 nitrogen and oxygen atoms in total. The van der Waals surface area contributed by atoms with Gasteiger partial charge in [0.2, 0.25) is 5.91 Å². The Kier molecular flexibility index (Phi) is 5.07. The molecule has 0 radical (unpaired) electrons. The fourth-order valence-corrected chi connectivity index (χ4v) is 4.05. The maximum Gasteiger partial charge on any atom is 0.224 e. The SMILES string of the molecule is O=C(CCC(=O)c1ccccc1)Nc1ccc(C2=CSC3=NCCN23)cc1. The minimum atomic E-state index is -0.156. The second-order valence-corrected chi connectivity index (χ2v) is 7.19. The van der Waals surface area contributed by atoms with E-state index in [-0.39, 0.29) is 24.5 Å². The number of fused-ring (bicyclic) bond motifs is 1. The van der Waals surface area contributed by atoms with E-state index in [1.165, 1.54) is 0 Å². The largest absolute Gasteiger partial charge is 0.326 e. The number of hydrogen-bond acceptors (Lipinski definition) is 5. The van der Waals surface area contributed by atoms with Gasteiger partial charge in [-0.25, -0.2) is 0 Å². The normalized spacial score (nSPS) is 15.2. The number of aliphatic imine (C=N–C) groups is 1.